The van der Waals surface area contributed by atoms with E-state index in [4.69, 9.17) is 4.99 Å². The Morgan fingerprint density at radius 1 is 1.29 bits per heavy atom. The Morgan fingerprint density at radius 3 is 2.76 bits per heavy atom. The van der Waals surface area contributed by atoms with Crippen LogP contribution >= 0.6 is 11.8 Å². The second kappa shape index (κ2) is 6.12. The van der Waals surface area contributed by atoms with Crippen LogP contribution in [-0.4, -0.2) is 23.0 Å². The van der Waals surface area contributed by atoms with E-state index in [1.165, 1.54) is 55.9 Å². The Hall–Kier alpha value is -0.180. The van der Waals surface area contributed by atoms with Gasteiger partial charge in [0.2, 0.25) is 0 Å². The molecule has 2 nitrogen and oxygen atoms in total. The lowest BCUT2D eigenvalue weighted by molar-refractivity contribution is 0.452. The van der Waals surface area contributed by atoms with Gasteiger partial charge in [0.1, 0.15) is 0 Å². The van der Waals surface area contributed by atoms with Gasteiger partial charge in [0, 0.05) is 17.8 Å². The fraction of sp³-hybridized carbons (Fsp3) is 0.929. The molecule has 1 aliphatic carbocycles. The van der Waals surface area contributed by atoms with E-state index in [9.17, 15) is 0 Å². The SMILES string of the molecule is CC(C)CCCCN=C1NC2(CCCC2)CS1. The van der Waals surface area contributed by atoms with E-state index in [1.54, 1.807) is 0 Å². The number of nitrogens with zero attached hydrogens (tertiary/aromatic N) is 1. The molecule has 2 rings (SSSR count). The second-order valence-electron chi connectivity index (χ2n) is 5.98. The van der Waals surface area contributed by atoms with E-state index in [2.05, 4.69) is 19.2 Å². The summed E-state index contributed by atoms with van der Waals surface area (Å²) in [5.74, 6) is 2.08. The van der Waals surface area contributed by atoms with Crippen molar-refractivity contribution >= 4 is 16.9 Å². The minimum Gasteiger partial charge on any atom is -0.359 e. The Labute approximate surface area is 110 Å². The largest absolute Gasteiger partial charge is 0.359 e. The van der Waals surface area contributed by atoms with E-state index >= 15 is 0 Å². The third-order valence-corrected chi connectivity index (χ3v) is 5.06. The second-order valence-corrected chi connectivity index (χ2v) is 6.94. The molecular formula is C14H26N2S. The highest BCUT2D eigenvalue weighted by Gasteiger charge is 2.39. The van der Waals surface area contributed by atoms with E-state index < -0.39 is 0 Å². The number of thioether (sulfide) groups is 1. The van der Waals surface area contributed by atoms with Gasteiger partial charge in [0.05, 0.1) is 0 Å². The molecular weight excluding hydrogens is 228 g/mol. The van der Waals surface area contributed by atoms with Gasteiger partial charge in [0.15, 0.2) is 5.17 Å². The Morgan fingerprint density at radius 2 is 2.06 bits per heavy atom. The standard InChI is InChI=1S/C14H26N2S/c1-12(2)7-3-6-10-15-13-16-14(11-17-13)8-4-5-9-14/h12H,3-11H2,1-2H3,(H,15,16). The maximum Gasteiger partial charge on any atom is 0.157 e. The molecule has 0 aromatic rings. The molecule has 0 unspecified atom stereocenters. The van der Waals surface area contributed by atoms with Crippen LogP contribution in [0.15, 0.2) is 4.99 Å². The molecule has 17 heavy (non-hydrogen) atoms. The maximum absolute atomic E-state index is 4.71. The first-order valence-electron chi connectivity index (χ1n) is 7.16. The molecule has 2 aliphatic rings. The van der Waals surface area contributed by atoms with Crippen molar-refractivity contribution in [3.05, 3.63) is 0 Å². The van der Waals surface area contributed by atoms with Crippen LogP contribution in [0.25, 0.3) is 0 Å². The summed E-state index contributed by atoms with van der Waals surface area (Å²) in [5, 5.41) is 4.90. The van der Waals surface area contributed by atoms with E-state index in [-0.39, 0.29) is 0 Å². The van der Waals surface area contributed by atoms with Crippen LogP contribution in [0.1, 0.15) is 58.8 Å². The summed E-state index contributed by atoms with van der Waals surface area (Å²) in [6.45, 7) is 5.60. The minimum absolute atomic E-state index is 0.432. The molecule has 3 heteroatoms. The number of unbranched alkanes of at least 4 members (excludes halogenated alkanes) is 1. The third kappa shape index (κ3) is 3.90. The van der Waals surface area contributed by atoms with E-state index in [1.807, 2.05) is 11.8 Å². The summed E-state index contributed by atoms with van der Waals surface area (Å²) >= 11 is 1.94. The van der Waals surface area contributed by atoms with Crippen LogP contribution in [0.3, 0.4) is 0 Å². The van der Waals surface area contributed by atoms with Crippen molar-refractivity contribution in [1.29, 1.82) is 0 Å². The van der Waals surface area contributed by atoms with Crippen molar-refractivity contribution in [2.45, 2.75) is 64.3 Å². The zero-order chi connectivity index (χ0) is 12.1. The first kappa shape index (κ1) is 13.3. The number of rotatable bonds is 5. The van der Waals surface area contributed by atoms with Crippen molar-refractivity contribution in [2.24, 2.45) is 10.9 Å². The highest BCUT2D eigenvalue weighted by molar-refractivity contribution is 8.14. The Bertz CT molecular complexity index is 267. The van der Waals surface area contributed by atoms with Crippen LogP contribution < -0.4 is 5.32 Å². The zero-order valence-corrected chi connectivity index (χ0v) is 12.1. The predicted octanol–water partition coefficient (Wildman–Crippen LogP) is 3.82. The van der Waals surface area contributed by atoms with Crippen molar-refractivity contribution in [3.8, 4) is 0 Å². The van der Waals surface area contributed by atoms with Gasteiger partial charge in [-0.25, -0.2) is 0 Å². The monoisotopic (exact) mass is 254 g/mol. The lowest BCUT2D eigenvalue weighted by Crippen LogP contribution is -2.40. The number of nitrogens with one attached hydrogen (secondary N) is 1. The zero-order valence-electron chi connectivity index (χ0n) is 11.3. The maximum atomic E-state index is 4.71. The summed E-state index contributed by atoms with van der Waals surface area (Å²) < 4.78 is 0. The topological polar surface area (TPSA) is 24.4 Å². The van der Waals surface area contributed by atoms with Crippen LogP contribution in [-0.2, 0) is 0 Å². The third-order valence-electron chi connectivity index (χ3n) is 3.86. The van der Waals surface area contributed by atoms with Crippen LogP contribution in [0.2, 0.25) is 0 Å². The normalized spacial score (nSPS) is 25.0. The van der Waals surface area contributed by atoms with Gasteiger partial charge in [-0.05, 0) is 25.2 Å². The highest BCUT2D eigenvalue weighted by Crippen LogP contribution is 2.37. The summed E-state index contributed by atoms with van der Waals surface area (Å²) in [6, 6.07) is 0. The van der Waals surface area contributed by atoms with Crippen molar-refractivity contribution in [3.63, 3.8) is 0 Å². The average molecular weight is 254 g/mol. The molecule has 1 aliphatic heterocycles. The molecule has 98 valence electrons. The first-order chi connectivity index (χ1) is 8.20. The highest BCUT2D eigenvalue weighted by atomic mass is 32.2. The molecule has 0 amide bonds. The summed E-state index contributed by atoms with van der Waals surface area (Å²) in [4.78, 5) is 4.71. The minimum atomic E-state index is 0.432. The van der Waals surface area contributed by atoms with Gasteiger partial charge >= 0.3 is 0 Å². The van der Waals surface area contributed by atoms with Crippen molar-refractivity contribution in [1.82, 2.24) is 5.32 Å². The molecule has 1 saturated carbocycles. The fourth-order valence-electron chi connectivity index (χ4n) is 2.76. The number of hydrogen-bond acceptors (Lipinski definition) is 2. The Kier molecular flexibility index (Phi) is 4.78. The van der Waals surface area contributed by atoms with Gasteiger partial charge in [-0.1, -0.05) is 51.3 Å². The summed E-state index contributed by atoms with van der Waals surface area (Å²) in [5.41, 5.74) is 0.432. The lowest BCUT2D eigenvalue weighted by atomic mass is 10.0. The van der Waals surface area contributed by atoms with Crippen molar-refractivity contribution in [2.75, 3.05) is 12.3 Å². The smallest absolute Gasteiger partial charge is 0.157 e. The van der Waals surface area contributed by atoms with Crippen LogP contribution in [0.4, 0.5) is 0 Å². The predicted molar refractivity (Wildman–Crippen MR) is 77.8 cm³/mol. The van der Waals surface area contributed by atoms with Gasteiger partial charge in [-0.3, -0.25) is 4.99 Å². The molecule has 0 bridgehead atoms. The van der Waals surface area contributed by atoms with Crippen LogP contribution in [0.5, 0.6) is 0 Å². The molecule has 1 heterocycles. The lowest BCUT2D eigenvalue weighted by Gasteiger charge is -2.21. The van der Waals surface area contributed by atoms with Gasteiger partial charge < -0.3 is 5.32 Å². The molecule has 1 spiro atoms. The van der Waals surface area contributed by atoms with Gasteiger partial charge in [0.25, 0.3) is 0 Å². The van der Waals surface area contributed by atoms with E-state index in [0.29, 0.717) is 5.54 Å². The summed E-state index contributed by atoms with van der Waals surface area (Å²) in [6.07, 6.45) is 9.42. The average Bonchev–Trinajstić information content (AvgIpc) is 2.89. The molecule has 0 radical (unpaired) electrons. The van der Waals surface area contributed by atoms with E-state index in [0.717, 1.165) is 12.5 Å². The molecule has 0 aromatic carbocycles. The quantitative estimate of drug-likeness (QED) is 0.754. The molecule has 0 atom stereocenters. The van der Waals surface area contributed by atoms with Gasteiger partial charge in [-0.15, -0.1) is 0 Å². The van der Waals surface area contributed by atoms with Gasteiger partial charge in [-0.2, -0.15) is 0 Å². The number of hydrogen-bond donors (Lipinski definition) is 1. The first-order valence-corrected chi connectivity index (χ1v) is 8.14. The molecule has 2 fully saturated rings. The van der Waals surface area contributed by atoms with Crippen LogP contribution in [0, 0.1) is 5.92 Å². The van der Waals surface area contributed by atoms with Crippen molar-refractivity contribution < 1.29 is 0 Å². The number of amidine groups is 1. The Balaban J connectivity index is 1.66. The fourth-order valence-corrected chi connectivity index (χ4v) is 4.00. The number of aliphatic imine (C=N–C) groups is 1. The molecule has 0 aromatic heterocycles. The molecule has 1 saturated heterocycles. The molecule has 1 N–H and O–H groups in total. The summed E-state index contributed by atoms with van der Waals surface area (Å²) in [7, 11) is 0.